The molecule has 8 heteroatoms. The van der Waals surface area contributed by atoms with Crippen molar-refractivity contribution in [1.29, 1.82) is 5.26 Å². The first-order valence-corrected chi connectivity index (χ1v) is 9.47. The van der Waals surface area contributed by atoms with Crippen LogP contribution in [0.4, 0.5) is 10.2 Å². The van der Waals surface area contributed by atoms with E-state index in [0.29, 0.717) is 0 Å². The van der Waals surface area contributed by atoms with E-state index in [9.17, 15) is 24.0 Å². The van der Waals surface area contributed by atoms with Gasteiger partial charge in [0.2, 0.25) is 5.78 Å². The minimum Gasteiger partial charge on any atom is -0.384 e. The molecule has 0 radical (unpaired) electrons. The van der Waals surface area contributed by atoms with Crippen LogP contribution >= 0.6 is 0 Å². The summed E-state index contributed by atoms with van der Waals surface area (Å²) in [5.41, 5.74) is 4.31. The maximum atomic E-state index is 14.0. The van der Waals surface area contributed by atoms with E-state index in [1.165, 1.54) is 18.2 Å². The largest absolute Gasteiger partial charge is 0.384 e. The number of carbonyl (C=O) groups is 1. The highest BCUT2D eigenvalue weighted by Gasteiger charge is 2.25. The van der Waals surface area contributed by atoms with Crippen LogP contribution in [-0.4, -0.2) is 14.9 Å². The highest BCUT2D eigenvalue weighted by molar-refractivity contribution is 6.16. The molecule has 7 nitrogen and oxygen atoms in total. The number of nitrogens with zero attached hydrogens (tertiary/aromatic N) is 3. The number of ketones is 1. The van der Waals surface area contributed by atoms with Crippen molar-refractivity contribution in [3.8, 4) is 6.07 Å². The number of anilines is 1. The van der Waals surface area contributed by atoms with Crippen molar-refractivity contribution in [1.82, 2.24) is 9.13 Å². The maximum absolute atomic E-state index is 14.0. The molecule has 2 aromatic carbocycles. The molecule has 3 aromatic rings. The molecule has 156 valence electrons. The molecule has 1 aromatic heterocycles. The van der Waals surface area contributed by atoms with Crippen LogP contribution in [0.25, 0.3) is 6.08 Å². The number of allylic oxidation sites excluding steroid dienone is 1. The number of nitrogen functional groups attached to an aromatic ring is 1. The quantitative estimate of drug-likeness (QED) is 0.376. The smallest absolute Gasteiger partial charge is 0.332 e. The molecule has 0 unspecified atom stereocenters. The van der Waals surface area contributed by atoms with E-state index in [4.69, 9.17) is 5.73 Å². The standard InChI is InChI=1S/C23H19FN4O3/c1-2-27-22(30)19(20(29)17(13-25)12-16-10-6-7-11-18(16)24)21(26)28(23(27)31)14-15-8-4-3-5-9-15/h3-12H,2,14,26H2,1H3. The lowest BCUT2D eigenvalue weighted by molar-refractivity contribution is 0.103. The number of benzene rings is 2. The zero-order valence-electron chi connectivity index (χ0n) is 16.7. The second kappa shape index (κ2) is 9.05. The highest BCUT2D eigenvalue weighted by Crippen LogP contribution is 2.17. The van der Waals surface area contributed by atoms with Gasteiger partial charge in [-0.05, 0) is 24.6 Å². The Bertz CT molecular complexity index is 1330. The van der Waals surface area contributed by atoms with E-state index in [2.05, 4.69) is 0 Å². The predicted octanol–water partition coefficient (Wildman–Crippen LogP) is 2.59. The van der Waals surface area contributed by atoms with E-state index in [1.807, 2.05) is 6.07 Å². The maximum Gasteiger partial charge on any atom is 0.332 e. The molecule has 0 spiro atoms. The van der Waals surface area contributed by atoms with Gasteiger partial charge >= 0.3 is 5.69 Å². The normalized spacial score (nSPS) is 11.2. The van der Waals surface area contributed by atoms with E-state index < -0.39 is 34.0 Å². The number of carbonyl (C=O) groups excluding carboxylic acids is 1. The van der Waals surface area contributed by atoms with Crippen molar-refractivity contribution in [2.45, 2.75) is 20.0 Å². The Labute approximate surface area is 177 Å². The number of hydrogen-bond donors (Lipinski definition) is 1. The summed E-state index contributed by atoms with van der Waals surface area (Å²) in [5.74, 6) is -1.95. The second-order valence-corrected chi connectivity index (χ2v) is 6.68. The number of rotatable bonds is 6. The first kappa shape index (κ1) is 21.5. The van der Waals surface area contributed by atoms with Crippen LogP contribution in [-0.2, 0) is 13.1 Å². The summed E-state index contributed by atoms with van der Waals surface area (Å²) >= 11 is 0. The molecule has 1 heterocycles. The van der Waals surface area contributed by atoms with E-state index >= 15 is 0 Å². The molecule has 0 saturated heterocycles. The van der Waals surface area contributed by atoms with Gasteiger partial charge in [0.05, 0.1) is 6.54 Å². The summed E-state index contributed by atoms with van der Waals surface area (Å²) in [6.45, 7) is 1.62. The van der Waals surface area contributed by atoms with Gasteiger partial charge in [0, 0.05) is 12.1 Å². The molecular weight excluding hydrogens is 399 g/mol. The lowest BCUT2D eigenvalue weighted by Gasteiger charge is -2.15. The van der Waals surface area contributed by atoms with E-state index in [-0.39, 0.29) is 24.5 Å². The van der Waals surface area contributed by atoms with E-state index in [0.717, 1.165) is 20.8 Å². The molecule has 0 atom stereocenters. The van der Waals surface area contributed by atoms with Gasteiger partial charge in [0.25, 0.3) is 5.56 Å². The first-order valence-electron chi connectivity index (χ1n) is 9.47. The highest BCUT2D eigenvalue weighted by atomic mass is 19.1. The third-order valence-corrected chi connectivity index (χ3v) is 4.76. The van der Waals surface area contributed by atoms with Crippen LogP contribution in [0, 0.1) is 17.1 Å². The van der Waals surface area contributed by atoms with Crippen LogP contribution in [0.3, 0.4) is 0 Å². The fourth-order valence-corrected chi connectivity index (χ4v) is 3.16. The minimum absolute atomic E-state index is 0.00588. The molecule has 3 rings (SSSR count). The average molecular weight is 418 g/mol. The van der Waals surface area contributed by atoms with Gasteiger partial charge in [-0.3, -0.25) is 18.7 Å². The fraction of sp³-hybridized carbons (Fsp3) is 0.130. The molecule has 31 heavy (non-hydrogen) atoms. The van der Waals surface area contributed by atoms with Crippen LogP contribution in [0.5, 0.6) is 0 Å². The molecule has 0 aliphatic carbocycles. The molecule has 0 aliphatic rings. The number of hydrogen-bond acceptors (Lipinski definition) is 5. The molecule has 0 aliphatic heterocycles. The van der Waals surface area contributed by atoms with Gasteiger partial charge in [-0.15, -0.1) is 0 Å². The zero-order valence-corrected chi connectivity index (χ0v) is 16.7. The van der Waals surface area contributed by atoms with Crippen molar-refractivity contribution in [3.05, 3.63) is 104 Å². The molecule has 0 amide bonds. The van der Waals surface area contributed by atoms with Gasteiger partial charge in [-0.2, -0.15) is 5.26 Å². The Morgan fingerprint density at radius 3 is 2.35 bits per heavy atom. The Morgan fingerprint density at radius 1 is 1.10 bits per heavy atom. The van der Waals surface area contributed by atoms with Crippen LogP contribution in [0.15, 0.2) is 69.8 Å². The topological polar surface area (TPSA) is 111 Å². The molecular formula is C23H19FN4O3. The zero-order chi connectivity index (χ0) is 22.5. The summed E-state index contributed by atoms with van der Waals surface area (Å²) in [4.78, 5) is 38.8. The monoisotopic (exact) mass is 418 g/mol. The number of nitriles is 1. The van der Waals surface area contributed by atoms with E-state index in [1.54, 1.807) is 43.3 Å². The summed E-state index contributed by atoms with van der Waals surface area (Å²) in [7, 11) is 0. The number of halogens is 1. The van der Waals surface area contributed by atoms with Crippen molar-refractivity contribution < 1.29 is 9.18 Å². The predicted molar refractivity (Wildman–Crippen MR) is 115 cm³/mol. The third-order valence-electron chi connectivity index (χ3n) is 4.76. The SMILES string of the molecule is CCn1c(=O)c(C(=O)C(C#N)=Cc2ccccc2F)c(N)n(Cc2ccccc2)c1=O. The average Bonchev–Trinajstić information content (AvgIpc) is 2.77. The number of Topliss-reactive ketones (excluding diaryl/α,β-unsaturated/α-hetero) is 1. The summed E-state index contributed by atoms with van der Waals surface area (Å²) in [6, 6.07) is 16.2. The molecule has 2 N–H and O–H groups in total. The lowest BCUT2D eigenvalue weighted by atomic mass is 10.0. The van der Waals surface area contributed by atoms with Gasteiger partial charge in [0.1, 0.15) is 28.8 Å². The van der Waals surface area contributed by atoms with Crippen LogP contribution < -0.4 is 17.0 Å². The Hall–Kier alpha value is -4.25. The van der Waals surface area contributed by atoms with Crippen molar-refractivity contribution in [2.24, 2.45) is 0 Å². The van der Waals surface area contributed by atoms with Crippen molar-refractivity contribution in [2.75, 3.05) is 5.73 Å². The summed E-state index contributed by atoms with van der Waals surface area (Å²) in [6.07, 6.45) is 1.06. The Balaban J connectivity index is 2.20. The van der Waals surface area contributed by atoms with Gasteiger partial charge < -0.3 is 5.73 Å². The van der Waals surface area contributed by atoms with Gasteiger partial charge in [-0.1, -0.05) is 48.5 Å². The Kier molecular flexibility index (Phi) is 6.26. The van der Waals surface area contributed by atoms with Crippen LogP contribution in [0.2, 0.25) is 0 Å². The summed E-state index contributed by atoms with van der Waals surface area (Å²) in [5, 5.41) is 9.50. The van der Waals surface area contributed by atoms with Crippen LogP contribution in [0.1, 0.15) is 28.4 Å². The summed E-state index contributed by atoms with van der Waals surface area (Å²) < 4.78 is 16.0. The second-order valence-electron chi connectivity index (χ2n) is 6.68. The number of nitrogens with two attached hydrogens (primary N) is 1. The Morgan fingerprint density at radius 2 is 1.74 bits per heavy atom. The fourth-order valence-electron chi connectivity index (χ4n) is 3.16. The van der Waals surface area contributed by atoms with Crippen molar-refractivity contribution >= 4 is 17.7 Å². The molecule has 0 bridgehead atoms. The first-order chi connectivity index (χ1) is 14.9. The number of aromatic nitrogens is 2. The van der Waals surface area contributed by atoms with Gasteiger partial charge in [-0.25, -0.2) is 9.18 Å². The molecule has 0 fully saturated rings. The van der Waals surface area contributed by atoms with Gasteiger partial charge in [0.15, 0.2) is 0 Å². The molecule has 0 saturated carbocycles. The third kappa shape index (κ3) is 4.21. The van der Waals surface area contributed by atoms with Crippen molar-refractivity contribution in [3.63, 3.8) is 0 Å². The minimum atomic E-state index is -0.975. The lowest BCUT2D eigenvalue weighted by Crippen LogP contribution is -2.44.